The number of rotatable bonds is 7. The molecule has 0 atom stereocenters. The lowest BCUT2D eigenvalue weighted by Gasteiger charge is -2.12. The predicted octanol–water partition coefficient (Wildman–Crippen LogP) is 4.39. The van der Waals surface area contributed by atoms with E-state index in [-0.39, 0.29) is 5.57 Å². The maximum atomic E-state index is 12.4. The van der Waals surface area contributed by atoms with Crippen LogP contribution in [0.1, 0.15) is 23.6 Å². The van der Waals surface area contributed by atoms with Crippen molar-refractivity contribution in [2.75, 3.05) is 11.9 Å². The van der Waals surface area contributed by atoms with Crippen LogP contribution < -0.4 is 10.6 Å². The van der Waals surface area contributed by atoms with Gasteiger partial charge in [-0.2, -0.15) is 5.26 Å². The highest BCUT2D eigenvalue weighted by atomic mass is 35.5. The third-order valence-corrected chi connectivity index (χ3v) is 4.31. The normalized spacial score (nSPS) is 10.9. The van der Waals surface area contributed by atoms with E-state index in [2.05, 4.69) is 10.6 Å². The Bertz CT molecular complexity index is 835. The smallest absolute Gasteiger partial charge is 0.267 e. The van der Waals surface area contributed by atoms with E-state index in [1.807, 2.05) is 62.4 Å². The minimum Gasteiger partial charge on any atom is -0.389 e. The van der Waals surface area contributed by atoms with E-state index in [9.17, 15) is 10.1 Å². The Morgan fingerprint density at radius 2 is 1.96 bits per heavy atom. The Morgan fingerprint density at radius 3 is 2.62 bits per heavy atom. The number of halogens is 1. The number of aryl methyl sites for hydroxylation is 2. The van der Waals surface area contributed by atoms with Gasteiger partial charge in [-0.25, -0.2) is 0 Å². The van der Waals surface area contributed by atoms with Gasteiger partial charge in [0.15, 0.2) is 0 Å². The summed E-state index contributed by atoms with van der Waals surface area (Å²) in [7, 11) is 0. The highest BCUT2D eigenvalue weighted by molar-refractivity contribution is 6.30. The molecule has 0 aliphatic heterocycles. The Balaban J connectivity index is 1.97. The average Bonchev–Trinajstić information content (AvgIpc) is 2.64. The van der Waals surface area contributed by atoms with Crippen LogP contribution in [0, 0.1) is 18.3 Å². The number of para-hydroxylation sites is 1. The van der Waals surface area contributed by atoms with Crippen LogP contribution in [0.5, 0.6) is 0 Å². The van der Waals surface area contributed by atoms with Gasteiger partial charge in [-0.15, -0.1) is 0 Å². The van der Waals surface area contributed by atoms with Gasteiger partial charge in [-0.1, -0.05) is 48.9 Å². The summed E-state index contributed by atoms with van der Waals surface area (Å²) >= 11 is 5.86. The second kappa shape index (κ2) is 9.65. The lowest BCUT2D eigenvalue weighted by atomic mass is 10.1. The summed E-state index contributed by atoms with van der Waals surface area (Å²) in [6.45, 7) is 4.59. The second-order valence-corrected chi connectivity index (χ2v) is 6.35. The van der Waals surface area contributed by atoms with E-state index >= 15 is 0 Å². The number of amides is 1. The number of hydrogen-bond acceptors (Lipinski definition) is 3. The summed E-state index contributed by atoms with van der Waals surface area (Å²) in [4.78, 5) is 12.4. The van der Waals surface area contributed by atoms with Gasteiger partial charge in [0.2, 0.25) is 0 Å². The highest BCUT2D eigenvalue weighted by Gasteiger charge is 2.12. The van der Waals surface area contributed by atoms with Crippen LogP contribution in [0.25, 0.3) is 0 Å². The summed E-state index contributed by atoms with van der Waals surface area (Å²) in [5, 5.41) is 15.9. The highest BCUT2D eigenvalue weighted by Crippen LogP contribution is 2.21. The summed E-state index contributed by atoms with van der Waals surface area (Å²) in [6.07, 6.45) is 3.04. The van der Waals surface area contributed by atoms with Gasteiger partial charge in [0, 0.05) is 23.5 Å². The largest absolute Gasteiger partial charge is 0.389 e. The van der Waals surface area contributed by atoms with E-state index in [1.165, 1.54) is 6.20 Å². The van der Waals surface area contributed by atoms with Crippen molar-refractivity contribution in [2.24, 2.45) is 0 Å². The minimum atomic E-state index is -0.407. The fraction of sp³-hybridized carbons (Fsp3) is 0.238. The maximum absolute atomic E-state index is 12.4. The van der Waals surface area contributed by atoms with Crippen LogP contribution >= 0.6 is 11.6 Å². The molecule has 2 aromatic carbocycles. The molecule has 26 heavy (non-hydrogen) atoms. The van der Waals surface area contributed by atoms with E-state index < -0.39 is 5.91 Å². The third kappa shape index (κ3) is 5.37. The van der Waals surface area contributed by atoms with Crippen molar-refractivity contribution in [3.05, 3.63) is 76.0 Å². The molecule has 5 heteroatoms. The molecule has 0 fully saturated rings. The molecule has 2 aromatic rings. The van der Waals surface area contributed by atoms with E-state index in [4.69, 9.17) is 11.6 Å². The van der Waals surface area contributed by atoms with Crippen molar-refractivity contribution in [3.63, 3.8) is 0 Å². The van der Waals surface area contributed by atoms with Crippen molar-refractivity contribution < 1.29 is 4.79 Å². The van der Waals surface area contributed by atoms with Gasteiger partial charge < -0.3 is 10.6 Å². The number of nitrogens with zero attached hydrogens (tertiary/aromatic N) is 1. The number of benzene rings is 2. The molecule has 0 saturated carbocycles. The van der Waals surface area contributed by atoms with Gasteiger partial charge in [0.25, 0.3) is 5.91 Å². The molecular weight excluding hydrogens is 346 g/mol. The zero-order chi connectivity index (χ0) is 18.9. The molecule has 0 unspecified atom stereocenters. The first-order chi connectivity index (χ1) is 12.5. The van der Waals surface area contributed by atoms with Crippen LogP contribution in [0.15, 0.2) is 54.2 Å². The van der Waals surface area contributed by atoms with Crippen LogP contribution in [-0.4, -0.2) is 12.5 Å². The summed E-state index contributed by atoms with van der Waals surface area (Å²) in [5.41, 5.74) is 3.98. The Labute approximate surface area is 159 Å². The summed E-state index contributed by atoms with van der Waals surface area (Å²) in [5.74, 6) is -0.407. The molecule has 0 spiro atoms. The fourth-order valence-electron chi connectivity index (χ4n) is 2.57. The molecule has 0 bridgehead atoms. The fourth-order valence-corrected chi connectivity index (χ4v) is 2.70. The maximum Gasteiger partial charge on any atom is 0.267 e. The predicted molar refractivity (Wildman–Crippen MR) is 106 cm³/mol. The Morgan fingerprint density at radius 1 is 1.23 bits per heavy atom. The van der Waals surface area contributed by atoms with Crippen LogP contribution in [0.3, 0.4) is 0 Å². The molecule has 0 aromatic heterocycles. The number of nitriles is 1. The molecule has 0 heterocycles. The number of anilines is 1. The van der Waals surface area contributed by atoms with Crippen molar-refractivity contribution >= 4 is 23.2 Å². The molecule has 134 valence electrons. The number of nitrogens with one attached hydrogen (secondary N) is 2. The van der Waals surface area contributed by atoms with Crippen molar-refractivity contribution in [3.8, 4) is 6.07 Å². The SMILES string of the molecule is CCc1cccc(C)c1NC(=O)/C(C#N)=C\NCCc1ccc(Cl)cc1. The zero-order valence-corrected chi connectivity index (χ0v) is 15.7. The zero-order valence-electron chi connectivity index (χ0n) is 15.0. The lowest BCUT2D eigenvalue weighted by molar-refractivity contribution is -0.112. The summed E-state index contributed by atoms with van der Waals surface area (Å²) in [6, 6.07) is 15.4. The van der Waals surface area contributed by atoms with Crippen LogP contribution in [0.2, 0.25) is 5.02 Å². The minimum absolute atomic E-state index is 0.0476. The first kappa shape index (κ1) is 19.6. The first-order valence-electron chi connectivity index (χ1n) is 8.53. The van der Waals surface area contributed by atoms with Crippen molar-refractivity contribution in [1.82, 2.24) is 5.32 Å². The van der Waals surface area contributed by atoms with E-state index in [1.54, 1.807) is 0 Å². The molecule has 0 aliphatic carbocycles. The quantitative estimate of drug-likeness (QED) is 0.433. The van der Waals surface area contributed by atoms with Crippen LogP contribution in [0.4, 0.5) is 5.69 Å². The molecule has 0 aliphatic rings. The number of carbonyl (C=O) groups excluding carboxylic acids is 1. The van der Waals surface area contributed by atoms with Gasteiger partial charge in [0.1, 0.15) is 11.6 Å². The van der Waals surface area contributed by atoms with E-state index in [0.717, 1.165) is 35.2 Å². The topological polar surface area (TPSA) is 64.9 Å². The molecular formula is C21H22ClN3O. The molecule has 1 amide bonds. The van der Waals surface area contributed by atoms with Crippen molar-refractivity contribution in [2.45, 2.75) is 26.7 Å². The third-order valence-electron chi connectivity index (χ3n) is 4.06. The molecule has 0 saturated heterocycles. The first-order valence-corrected chi connectivity index (χ1v) is 8.91. The summed E-state index contributed by atoms with van der Waals surface area (Å²) < 4.78 is 0. The Kier molecular flexibility index (Phi) is 7.25. The molecule has 4 nitrogen and oxygen atoms in total. The van der Waals surface area contributed by atoms with Gasteiger partial charge in [-0.3, -0.25) is 4.79 Å². The van der Waals surface area contributed by atoms with Gasteiger partial charge >= 0.3 is 0 Å². The van der Waals surface area contributed by atoms with Gasteiger partial charge in [-0.05, 0) is 48.6 Å². The van der Waals surface area contributed by atoms with Crippen molar-refractivity contribution in [1.29, 1.82) is 5.26 Å². The van der Waals surface area contributed by atoms with E-state index in [0.29, 0.717) is 11.6 Å². The average molecular weight is 368 g/mol. The van der Waals surface area contributed by atoms with Gasteiger partial charge in [0.05, 0.1) is 0 Å². The van der Waals surface area contributed by atoms with Crippen LogP contribution in [-0.2, 0) is 17.6 Å². The monoisotopic (exact) mass is 367 g/mol. The Hall–Kier alpha value is -2.77. The number of carbonyl (C=O) groups is 1. The molecule has 2 N–H and O–H groups in total. The number of hydrogen-bond donors (Lipinski definition) is 2. The standard InChI is InChI=1S/C21H22ClN3O/c1-3-17-6-4-5-15(2)20(17)25-21(26)18(13-23)14-24-12-11-16-7-9-19(22)10-8-16/h4-10,14,24H,3,11-12H2,1-2H3,(H,25,26)/b18-14-. The second-order valence-electron chi connectivity index (χ2n) is 5.92. The molecule has 0 radical (unpaired) electrons. The lowest BCUT2D eigenvalue weighted by Crippen LogP contribution is -2.19. The molecule has 2 rings (SSSR count).